The van der Waals surface area contributed by atoms with Gasteiger partial charge in [-0.05, 0) is 19.8 Å². The maximum Gasteiger partial charge on any atom is 0.327 e. The Morgan fingerprint density at radius 2 is 2.26 bits per heavy atom. The predicted octanol–water partition coefficient (Wildman–Crippen LogP) is 2.29. The summed E-state index contributed by atoms with van der Waals surface area (Å²) in [6.07, 6.45) is 6.43. The first kappa shape index (κ1) is 15.9. The molecule has 0 aromatic heterocycles. The normalized spacial score (nSPS) is 22.9. The molecule has 1 aliphatic rings. The molecule has 1 aliphatic heterocycles. The van der Waals surface area contributed by atoms with Crippen molar-refractivity contribution in [2.75, 3.05) is 12.3 Å². The number of thioether (sulfide) groups is 1. The predicted molar refractivity (Wildman–Crippen MR) is 77.2 cm³/mol. The van der Waals surface area contributed by atoms with Crippen molar-refractivity contribution in [3.8, 4) is 0 Å². The Kier molecular flexibility index (Phi) is 6.77. The number of carbonyl (C=O) groups is 2. The van der Waals surface area contributed by atoms with Gasteiger partial charge in [-0.25, -0.2) is 9.59 Å². The molecule has 1 heterocycles. The summed E-state index contributed by atoms with van der Waals surface area (Å²) in [5.41, 5.74) is 0. The molecule has 2 atom stereocenters. The van der Waals surface area contributed by atoms with Gasteiger partial charge in [0.25, 0.3) is 0 Å². The van der Waals surface area contributed by atoms with Crippen molar-refractivity contribution in [1.29, 1.82) is 0 Å². The number of rotatable bonds is 6. The lowest BCUT2D eigenvalue weighted by atomic mass is 10.2. The summed E-state index contributed by atoms with van der Waals surface area (Å²) in [6, 6.07) is -0.969. The molecule has 0 saturated carbocycles. The highest BCUT2D eigenvalue weighted by molar-refractivity contribution is 8.00. The second-order valence-corrected chi connectivity index (χ2v) is 5.64. The van der Waals surface area contributed by atoms with Crippen LogP contribution in [0.25, 0.3) is 0 Å². The molecular formula is C13H22N2O3S. The molecule has 108 valence electrons. The van der Waals surface area contributed by atoms with Crippen LogP contribution in [0.5, 0.6) is 0 Å². The number of aliphatic carboxylic acids is 1. The summed E-state index contributed by atoms with van der Waals surface area (Å²) in [5.74, 6) is -0.447. The van der Waals surface area contributed by atoms with E-state index in [4.69, 9.17) is 0 Å². The van der Waals surface area contributed by atoms with E-state index in [-0.39, 0.29) is 11.4 Å². The van der Waals surface area contributed by atoms with Crippen molar-refractivity contribution in [2.45, 2.75) is 44.5 Å². The summed E-state index contributed by atoms with van der Waals surface area (Å²) < 4.78 is 0. The average Bonchev–Trinajstić information content (AvgIpc) is 2.79. The number of carboxylic acid groups (broad SMARTS) is 1. The molecule has 2 amide bonds. The SMILES string of the molecule is C/C=C/CCNC(=O)N1C(CCC)SCC1C(=O)O. The van der Waals surface area contributed by atoms with Crippen LogP contribution in [0.15, 0.2) is 12.2 Å². The Balaban J connectivity index is 2.61. The van der Waals surface area contributed by atoms with E-state index in [1.807, 2.05) is 26.0 Å². The third-order valence-electron chi connectivity index (χ3n) is 2.97. The van der Waals surface area contributed by atoms with Gasteiger partial charge in [-0.2, -0.15) is 0 Å². The Hall–Kier alpha value is -1.17. The number of urea groups is 1. The molecule has 2 unspecified atom stereocenters. The second kappa shape index (κ2) is 8.09. The number of hydrogen-bond donors (Lipinski definition) is 2. The summed E-state index contributed by atoms with van der Waals surface area (Å²) >= 11 is 1.55. The van der Waals surface area contributed by atoms with Gasteiger partial charge >= 0.3 is 12.0 Å². The summed E-state index contributed by atoms with van der Waals surface area (Å²) in [7, 11) is 0. The molecule has 5 nitrogen and oxygen atoms in total. The van der Waals surface area contributed by atoms with Crippen molar-refractivity contribution in [3.63, 3.8) is 0 Å². The summed E-state index contributed by atoms with van der Waals surface area (Å²) in [6.45, 7) is 4.50. The van der Waals surface area contributed by atoms with Crippen LogP contribution in [0, 0.1) is 0 Å². The third kappa shape index (κ3) is 4.45. The van der Waals surface area contributed by atoms with Crippen LogP contribution in [-0.4, -0.2) is 45.7 Å². The minimum absolute atomic E-state index is 0.0205. The van der Waals surface area contributed by atoms with E-state index >= 15 is 0 Å². The van der Waals surface area contributed by atoms with Crippen LogP contribution in [-0.2, 0) is 4.79 Å². The van der Waals surface area contributed by atoms with Crippen molar-refractivity contribution in [3.05, 3.63) is 12.2 Å². The Labute approximate surface area is 118 Å². The van der Waals surface area contributed by atoms with E-state index in [1.54, 1.807) is 11.8 Å². The molecule has 0 spiro atoms. The molecule has 0 radical (unpaired) electrons. The molecule has 2 N–H and O–H groups in total. The van der Waals surface area contributed by atoms with E-state index in [0.29, 0.717) is 12.3 Å². The van der Waals surface area contributed by atoms with Gasteiger partial charge in [-0.1, -0.05) is 25.5 Å². The number of allylic oxidation sites excluding steroid dienone is 1. The molecular weight excluding hydrogens is 264 g/mol. The standard InChI is InChI=1S/C13H22N2O3S/c1-3-5-6-8-14-13(18)15-10(12(16)17)9-19-11(15)7-4-2/h3,5,10-11H,4,6-9H2,1-2H3,(H,14,18)(H,16,17)/b5-3+. The molecule has 0 aromatic rings. The van der Waals surface area contributed by atoms with Crippen LogP contribution in [0.4, 0.5) is 4.79 Å². The fraction of sp³-hybridized carbons (Fsp3) is 0.692. The molecule has 19 heavy (non-hydrogen) atoms. The number of amides is 2. The van der Waals surface area contributed by atoms with Crippen molar-refractivity contribution in [1.82, 2.24) is 10.2 Å². The van der Waals surface area contributed by atoms with E-state index in [2.05, 4.69) is 5.32 Å². The Morgan fingerprint density at radius 1 is 1.53 bits per heavy atom. The zero-order valence-corrected chi connectivity index (χ0v) is 12.3. The average molecular weight is 286 g/mol. The molecule has 0 aromatic carbocycles. The van der Waals surface area contributed by atoms with Crippen LogP contribution >= 0.6 is 11.8 Å². The largest absolute Gasteiger partial charge is 0.480 e. The van der Waals surface area contributed by atoms with Gasteiger partial charge in [0.05, 0.1) is 5.37 Å². The molecule has 1 fully saturated rings. The second-order valence-electron chi connectivity index (χ2n) is 4.43. The quantitative estimate of drug-likeness (QED) is 0.580. The van der Waals surface area contributed by atoms with Gasteiger partial charge in [0.2, 0.25) is 0 Å². The number of nitrogens with zero attached hydrogens (tertiary/aromatic N) is 1. The van der Waals surface area contributed by atoms with Gasteiger partial charge in [-0.15, -0.1) is 11.8 Å². The monoisotopic (exact) mass is 286 g/mol. The summed E-state index contributed by atoms with van der Waals surface area (Å²) in [5, 5.41) is 12.0. The van der Waals surface area contributed by atoms with E-state index < -0.39 is 12.0 Å². The minimum atomic E-state index is -0.922. The van der Waals surface area contributed by atoms with Crippen LogP contribution in [0.1, 0.15) is 33.1 Å². The van der Waals surface area contributed by atoms with Gasteiger partial charge in [-0.3, -0.25) is 4.90 Å². The van der Waals surface area contributed by atoms with E-state index in [9.17, 15) is 14.7 Å². The van der Waals surface area contributed by atoms with Gasteiger partial charge < -0.3 is 10.4 Å². The number of hydrogen-bond acceptors (Lipinski definition) is 3. The maximum atomic E-state index is 12.1. The molecule has 1 saturated heterocycles. The lowest BCUT2D eigenvalue weighted by molar-refractivity contribution is -0.141. The summed E-state index contributed by atoms with van der Waals surface area (Å²) in [4.78, 5) is 24.8. The van der Waals surface area contributed by atoms with Crippen LogP contribution in [0.3, 0.4) is 0 Å². The van der Waals surface area contributed by atoms with Crippen molar-refractivity contribution < 1.29 is 14.7 Å². The minimum Gasteiger partial charge on any atom is -0.480 e. The van der Waals surface area contributed by atoms with Crippen molar-refractivity contribution in [2.24, 2.45) is 0 Å². The number of carbonyl (C=O) groups excluding carboxylic acids is 1. The fourth-order valence-corrected chi connectivity index (χ4v) is 3.53. The number of nitrogens with one attached hydrogen (secondary N) is 1. The van der Waals surface area contributed by atoms with Gasteiger partial charge in [0, 0.05) is 12.3 Å². The van der Waals surface area contributed by atoms with Gasteiger partial charge in [0.1, 0.15) is 6.04 Å². The van der Waals surface area contributed by atoms with Crippen molar-refractivity contribution >= 4 is 23.8 Å². The topological polar surface area (TPSA) is 69.6 Å². The van der Waals surface area contributed by atoms with E-state index in [0.717, 1.165) is 19.3 Å². The zero-order chi connectivity index (χ0) is 14.3. The molecule has 0 aliphatic carbocycles. The van der Waals surface area contributed by atoms with Gasteiger partial charge in [0.15, 0.2) is 0 Å². The number of carboxylic acids is 1. The smallest absolute Gasteiger partial charge is 0.327 e. The first-order chi connectivity index (χ1) is 9.11. The lowest BCUT2D eigenvalue weighted by Gasteiger charge is -2.27. The zero-order valence-electron chi connectivity index (χ0n) is 11.5. The maximum absolute atomic E-state index is 12.1. The lowest BCUT2D eigenvalue weighted by Crippen LogP contribution is -2.50. The highest BCUT2D eigenvalue weighted by Gasteiger charge is 2.40. The fourth-order valence-electron chi connectivity index (χ4n) is 2.02. The molecule has 0 bridgehead atoms. The first-order valence-electron chi connectivity index (χ1n) is 6.63. The highest BCUT2D eigenvalue weighted by atomic mass is 32.2. The molecule has 6 heteroatoms. The molecule has 1 rings (SSSR count). The van der Waals surface area contributed by atoms with E-state index in [1.165, 1.54) is 4.90 Å². The van der Waals surface area contributed by atoms with Crippen LogP contribution in [0.2, 0.25) is 0 Å². The third-order valence-corrected chi connectivity index (χ3v) is 4.33. The first-order valence-corrected chi connectivity index (χ1v) is 7.68. The Bertz CT molecular complexity index is 347. The highest BCUT2D eigenvalue weighted by Crippen LogP contribution is 2.32. The van der Waals surface area contributed by atoms with Crippen LogP contribution < -0.4 is 5.32 Å². The Morgan fingerprint density at radius 3 is 2.84 bits per heavy atom.